The average Bonchev–Trinajstić information content (AvgIpc) is 2.25. The lowest BCUT2D eigenvalue weighted by molar-refractivity contribution is 0.193. The Morgan fingerprint density at radius 2 is 2.14 bits per heavy atom. The van der Waals surface area contributed by atoms with Crippen LogP contribution in [0.15, 0.2) is 36.1 Å². The third kappa shape index (κ3) is 4.31. The van der Waals surface area contributed by atoms with Crippen molar-refractivity contribution < 1.29 is 4.74 Å². The molecule has 0 aromatic rings. The van der Waals surface area contributed by atoms with E-state index in [1.165, 1.54) is 5.57 Å². The second-order valence-corrected chi connectivity index (χ2v) is 2.86. The van der Waals surface area contributed by atoms with Crippen molar-refractivity contribution >= 4 is 0 Å². The monoisotopic (exact) mass is 194 g/mol. The molecule has 0 N–H and O–H groups in total. The van der Waals surface area contributed by atoms with E-state index in [1.807, 2.05) is 26.0 Å². The Balaban J connectivity index is 0.000000791. The quantitative estimate of drug-likeness (QED) is 0.639. The predicted octanol–water partition coefficient (Wildman–Crippen LogP) is 4.23. The van der Waals surface area contributed by atoms with Crippen LogP contribution in [0.1, 0.15) is 40.0 Å². The molecule has 1 nitrogen and oxygen atoms in total. The lowest BCUT2D eigenvalue weighted by Crippen LogP contribution is -2.06. The largest absolute Gasteiger partial charge is 0.494 e. The van der Waals surface area contributed by atoms with Gasteiger partial charge in [-0.3, -0.25) is 0 Å². The Hall–Kier alpha value is -0.980. The molecule has 1 saturated heterocycles. The topological polar surface area (TPSA) is 9.23 Å². The summed E-state index contributed by atoms with van der Waals surface area (Å²) in [6, 6.07) is 0. The lowest BCUT2D eigenvalue weighted by atomic mass is 10.0. The molecule has 1 heterocycles. The first-order chi connectivity index (χ1) is 6.88. The molecule has 0 atom stereocenters. The highest BCUT2D eigenvalue weighted by Gasteiger charge is 2.10. The van der Waals surface area contributed by atoms with Crippen molar-refractivity contribution in [3.8, 4) is 0 Å². The summed E-state index contributed by atoms with van der Waals surface area (Å²) in [4.78, 5) is 0. The molecule has 0 radical (unpaired) electrons. The van der Waals surface area contributed by atoms with Crippen LogP contribution < -0.4 is 0 Å². The molecule has 1 fully saturated rings. The third-order valence-electron chi connectivity index (χ3n) is 1.87. The van der Waals surface area contributed by atoms with Crippen molar-refractivity contribution in [3.05, 3.63) is 36.1 Å². The number of allylic oxidation sites excluding steroid dienone is 4. The van der Waals surface area contributed by atoms with Gasteiger partial charge in [0.25, 0.3) is 0 Å². The van der Waals surface area contributed by atoms with Crippen molar-refractivity contribution in [1.29, 1.82) is 0 Å². The molecule has 1 aliphatic heterocycles. The van der Waals surface area contributed by atoms with Gasteiger partial charge in [-0.25, -0.2) is 0 Å². The Kier molecular flexibility index (Phi) is 8.01. The zero-order chi connectivity index (χ0) is 10.8. The van der Waals surface area contributed by atoms with Gasteiger partial charge in [0.05, 0.1) is 6.61 Å². The van der Waals surface area contributed by atoms with Crippen molar-refractivity contribution in [2.75, 3.05) is 6.61 Å². The summed E-state index contributed by atoms with van der Waals surface area (Å²) in [6.07, 6.45) is 9.28. The summed E-state index contributed by atoms with van der Waals surface area (Å²) in [5.74, 6) is 1.06. The zero-order valence-electron chi connectivity index (χ0n) is 9.68. The molecule has 0 amide bonds. The molecule has 1 heteroatoms. The summed E-state index contributed by atoms with van der Waals surface area (Å²) in [5, 5.41) is 0. The van der Waals surface area contributed by atoms with Crippen LogP contribution in [0.25, 0.3) is 0 Å². The number of ether oxygens (including phenoxy) is 1. The maximum Gasteiger partial charge on any atom is 0.118 e. The van der Waals surface area contributed by atoms with Gasteiger partial charge in [0.2, 0.25) is 0 Å². The van der Waals surface area contributed by atoms with Crippen molar-refractivity contribution in [3.63, 3.8) is 0 Å². The molecule has 1 rings (SSSR count). The SMILES string of the molecule is C=C/C=C1/CCCO/C1=C/CC.CC. The zero-order valence-corrected chi connectivity index (χ0v) is 9.68. The molecule has 0 spiro atoms. The van der Waals surface area contributed by atoms with Crippen molar-refractivity contribution in [1.82, 2.24) is 0 Å². The fourth-order valence-corrected chi connectivity index (χ4v) is 1.34. The minimum atomic E-state index is 0.861. The molecule has 0 aromatic heterocycles. The van der Waals surface area contributed by atoms with E-state index in [-0.39, 0.29) is 0 Å². The Bertz CT molecular complexity index is 211. The molecular weight excluding hydrogens is 172 g/mol. The maximum absolute atomic E-state index is 5.53. The Morgan fingerprint density at radius 1 is 1.43 bits per heavy atom. The normalized spacial score (nSPS) is 21.1. The molecule has 1 aliphatic rings. The molecular formula is C13H22O. The van der Waals surface area contributed by atoms with Gasteiger partial charge < -0.3 is 4.74 Å². The van der Waals surface area contributed by atoms with E-state index in [9.17, 15) is 0 Å². The Morgan fingerprint density at radius 3 is 2.71 bits per heavy atom. The molecule has 0 bridgehead atoms. The van der Waals surface area contributed by atoms with Gasteiger partial charge in [0.1, 0.15) is 5.76 Å². The van der Waals surface area contributed by atoms with Crippen LogP contribution in [0.3, 0.4) is 0 Å². The first kappa shape index (κ1) is 13.0. The smallest absolute Gasteiger partial charge is 0.118 e. The molecule has 0 unspecified atom stereocenters. The van der Waals surface area contributed by atoms with Gasteiger partial charge in [0.15, 0.2) is 0 Å². The van der Waals surface area contributed by atoms with Crippen molar-refractivity contribution in [2.24, 2.45) is 0 Å². The van der Waals surface area contributed by atoms with E-state index in [2.05, 4.69) is 19.6 Å². The summed E-state index contributed by atoms with van der Waals surface area (Å²) in [7, 11) is 0. The van der Waals surface area contributed by atoms with Gasteiger partial charge >= 0.3 is 0 Å². The summed E-state index contributed by atoms with van der Waals surface area (Å²) in [5.41, 5.74) is 1.29. The fraction of sp³-hybridized carbons (Fsp3) is 0.538. The molecule has 0 aromatic carbocycles. The standard InChI is InChI=1S/C11H16O.C2H6/c1-3-6-10-8-5-9-12-11(10)7-4-2;1-2/h3,6-7H,1,4-5,8-9H2,2H3;1-2H3/b10-6-,11-7+;. The first-order valence-corrected chi connectivity index (χ1v) is 5.53. The molecule has 0 saturated carbocycles. The van der Waals surface area contributed by atoms with Crippen LogP contribution >= 0.6 is 0 Å². The van der Waals surface area contributed by atoms with Crippen LogP contribution in [0.5, 0.6) is 0 Å². The summed E-state index contributed by atoms with van der Waals surface area (Å²) in [6.45, 7) is 10.7. The molecule has 80 valence electrons. The van der Waals surface area contributed by atoms with Crippen molar-refractivity contribution in [2.45, 2.75) is 40.0 Å². The van der Waals surface area contributed by atoms with Gasteiger partial charge in [-0.2, -0.15) is 0 Å². The Labute approximate surface area is 88.2 Å². The van der Waals surface area contributed by atoms with E-state index < -0.39 is 0 Å². The van der Waals surface area contributed by atoms with Crippen LogP contribution in [0, 0.1) is 0 Å². The minimum absolute atomic E-state index is 0.861. The second-order valence-electron chi connectivity index (χ2n) is 2.86. The number of hydrogen-bond donors (Lipinski definition) is 0. The van der Waals surface area contributed by atoms with Crippen LogP contribution in [-0.2, 0) is 4.74 Å². The van der Waals surface area contributed by atoms with E-state index in [1.54, 1.807) is 0 Å². The van der Waals surface area contributed by atoms with E-state index in [4.69, 9.17) is 4.74 Å². The van der Waals surface area contributed by atoms with Gasteiger partial charge in [0, 0.05) is 0 Å². The van der Waals surface area contributed by atoms with E-state index in [0.717, 1.165) is 31.6 Å². The van der Waals surface area contributed by atoms with Gasteiger partial charge in [-0.05, 0) is 30.9 Å². The predicted molar refractivity (Wildman–Crippen MR) is 63.2 cm³/mol. The average molecular weight is 194 g/mol. The maximum atomic E-state index is 5.53. The first-order valence-electron chi connectivity index (χ1n) is 5.53. The van der Waals surface area contributed by atoms with Gasteiger partial charge in [-0.1, -0.05) is 39.5 Å². The minimum Gasteiger partial charge on any atom is -0.494 e. The third-order valence-corrected chi connectivity index (χ3v) is 1.87. The highest BCUT2D eigenvalue weighted by molar-refractivity contribution is 5.30. The highest BCUT2D eigenvalue weighted by Crippen LogP contribution is 2.23. The molecule has 0 aliphatic carbocycles. The highest BCUT2D eigenvalue weighted by atomic mass is 16.5. The van der Waals surface area contributed by atoms with Crippen LogP contribution in [0.2, 0.25) is 0 Å². The van der Waals surface area contributed by atoms with Crippen LogP contribution in [0.4, 0.5) is 0 Å². The number of rotatable bonds is 2. The summed E-state index contributed by atoms with van der Waals surface area (Å²) >= 11 is 0. The van der Waals surface area contributed by atoms with Crippen LogP contribution in [-0.4, -0.2) is 6.61 Å². The second kappa shape index (κ2) is 8.61. The number of hydrogen-bond acceptors (Lipinski definition) is 1. The van der Waals surface area contributed by atoms with Gasteiger partial charge in [-0.15, -0.1) is 0 Å². The lowest BCUT2D eigenvalue weighted by Gasteiger charge is -2.19. The molecule has 14 heavy (non-hydrogen) atoms. The van der Waals surface area contributed by atoms with E-state index >= 15 is 0 Å². The van der Waals surface area contributed by atoms with E-state index in [0.29, 0.717) is 0 Å². The summed E-state index contributed by atoms with van der Waals surface area (Å²) < 4.78 is 5.53. The fourth-order valence-electron chi connectivity index (χ4n) is 1.34.